The second kappa shape index (κ2) is 10.3. The molecule has 8 aliphatic rings. The van der Waals surface area contributed by atoms with Crippen LogP contribution < -0.4 is 0 Å². The number of epoxide rings is 2. The van der Waals surface area contributed by atoms with Crippen molar-refractivity contribution in [2.45, 2.75) is 135 Å². The minimum absolute atomic E-state index is 0.270. The molecule has 0 aromatic carbocycles. The van der Waals surface area contributed by atoms with Crippen LogP contribution in [0.1, 0.15) is 68.7 Å². The molecule has 0 aromatic heterocycles. The molecule has 52 heavy (non-hydrogen) atoms. The van der Waals surface area contributed by atoms with E-state index in [9.17, 15) is 39.3 Å². The number of hydrogen-bond acceptors (Lipinski definition) is 16. The molecule has 286 valence electrons. The molecule has 8 rings (SSSR count). The summed E-state index contributed by atoms with van der Waals surface area (Å²) >= 11 is 0. The predicted octanol–water partition coefficient (Wildman–Crippen LogP) is -0.261. The van der Waals surface area contributed by atoms with E-state index in [-0.39, 0.29) is 6.42 Å². The molecule has 3 saturated heterocycles. The third-order valence-electron chi connectivity index (χ3n) is 15.2. The first-order valence-corrected chi connectivity index (χ1v) is 17.9. The van der Waals surface area contributed by atoms with E-state index < -0.39 is 153 Å². The third kappa shape index (κ3) is 3.80. The Morgan fingerprint density at radius 2 is 1.37 bits per heavy atom. The fraction of sp³-hybridized carbons (Fsp3) is 0.833. The van der Waals surface area contributed by atoms with E-state index in [0.29, 0.717) is 0 Å². The highest BCUT2D eigenvalue weighted by atomic mass is 16.8. The molecule has 16 heteroatoms. The van der Waals surface area contributed by atoms with Crippen LogP contribution in [-0.4, -0.2) is 117 Å². The van der Waals surface area contributed by atoms with Gasteiger partial charge in [-0.15, -0.1) is 0 Å². The lowest BCUT2D eigenvalue weighted by molar-refractivity contribution is -0.296. The Morgan fingerprint density at radius 3 is 1.94 bits per heavy atom. The lowest BCUT2D eigenvalue weighted by Gasteiger charge is -2.67. The number of Topliss-reactive ketones (excluding diaryl/α,β-unsaturated/α-hetero) is 1. The number of aliphatic hydroxyl groups is 3. The summed E-state index contributed by atoms with van der Waals surface area (Å²) in [7, 11) is 0. The molecule has 0 aromatic rings. The van der Waals surface area contributed by atoms with Crippen LogP contribution in [0.4, 0.5) is 0 Å². The van der Waals surface area contributed by atoms with Crippen molar-refractivity contribution in [3.8, 4) is 0 Å². The summed E-state index contributed by atoms with van der Waals surface area (Å²) in [6.45, 7) is 12.5. The zero-order valence-corrected chi connectivity index (χ0v) is 30.4. The summed E-state index contributed by atoms with van der Waals surface area (Å²) in [5.74, 6) is -12.7. The van der Waals surface area contributed by atoms with E-state index in [1.165, 1.54) is 20.8 Å². The summed E-state index contributed by atoms with van der Waals surface area (Å²) in [5.41, 5.74) is -9.52. The lowest BCUT2D eigenvalue weighted by Crippen LogP contribution is -2.80. The molecule has 3 aliphatic heterocycles. The lowest BCUT2D eigenvalue weighted by atomic mass is 9.39. The van der Waals surface area contributed by atoms with Gasteiger partial charge in [-0.3, -0.25) is 24.0 Å². The van der Waals surface area contributed by atoms with Gasteiger partial charge in [0.15, 0.2) is 11.7 Å². The summed E-state index contributed by atoms with van der Waals surface area (Å²) < 4.78 is 41.9. The van der Waals surface area contributed by atoms with Gasteiger partial charge >= 0.3 is 29.8 Å². The summed E-state index contributed by atoms with van der Waals surface area (Å²) in [6, 6.07) is 0. The molecule has 5 aliphatic carbocycles. The first kappa shape index (κ1) is 35.8. The molecule has 8 fully saturated rings. The second-order valence-corrected chi connectivity index (χ2v) is 17.3. The van der Waals surface area contributed by atoms with Crippen molar-refractivity contribution in [1.29, 1.82) is 0 Å². The molecule has 0 bridgehead atoms. The van der Waals surface area contributed by atoms with Gasteiger partial charge < -0.3 is 48.5 Å². The fourth-order valence-electron chi connectivity index (χ4n) is 13.1. The number of carbonyl (C=O) groups is 6. The van der Waals surface area contributed by atoms with Crippen molar-refractivity contribution in [2.75, 3.05) is 0 Å². The van der Waals surface area contributed by atoms with Crippen LogP contribution in [0.5, 0.6) is 0 Å². The Morgan fingerprint density at radius 1 is 0.788 bits per heavy atom. The zero-order valence-electron chi connectivity index (χ0n) is 30.4. The SMILES string of the molecule is CC(=O)O[C@@H]1[C@H]2[C@H]3[C@H]([C@H](OC(C)=O)[C@H](O)[C@]2(C)[C@H]2[C@H](C)[C@@H]4O[C@@]45OC(=O)[C@@](C)(O)[C@]5(C)[C@H]12)[C@@]1(C)[C@@H](OC(C)=O)[C@H]2O[C@H]2C[C@]1(O)C(=O)[C@@H]3OC(C)=O. The molecule has 5 saturated carbocycles. The van der Waals surface area contributed by atoms with Crippen molar-refractivity contribution in [1.82, 2.24) is 0 Å². The van der Waals surface area contributed by atoms with Crippen LogP contribution in [-0.2, 0) is 61.9 Å². The maximum absolute atomic E-state index is 15.0. The number of ketones is 1. The number of ether oxygens (including phenoxy) is 7. The van der Waals surface area contributed by atoms with Crippen LogP contribution in [0.25, 0.3) is 0 Å². The Hall–Kier alpha value is -3.18. The molecule has 1 spiro atoms. The van der Waals surface area contributed by atoms with Gasteiger partial charge in [0.25, 0.3) is 0 Å². The summed E-state index contributed by atoms with van der Waals surface area (Å²) in [5, 5.41) is 37.7. The van der Waals surface area contributed by atoms with Gasteiger partial charge in [0.05, 0.1) is 23.0 Å². The summed E-state index contributed by atoms with van der Waals surface area (Å²) in [6.07, 6.45) is -9.96. The second-order valence-electron chi connectivity index (χ2n) is 17.3. The number of rotatable bonds is 4. The minimum atomic E-state index is -2.39. The average molecular weight is 735 g/mol. The molecule has 0 amide bonds. The van der Waals surface area contributed by atoms with Crippen molar-refractivity contribution in [3.05, 3.63) is 0 Å². The fourth-order valence-corrected chi connectivity index (χ4v) is 13.1. The molecule has 0 radical (unpaired) electrons. The third-order valence-corrected chi connectivity index (χ3v) is 15.2. The van der Waals surface area contributed by atoms with E-state index in [0.717, 1.165) is 20.8 Å². The Labute approximate surface area is 299 Å². The number of carbonyl (C=O) groups excluding carboxylic acids is 6. The number of aliphatic hydroxyl groups excluding tert-OH is 1. The monoisotopic (exact) mass is 734 g/mol. The van der Waals surface area contributed by atoms with E-state index in [1.807, 2.05) is 6.92 Å². The molecule has 3 heterocycles. The van der Waals surface area contributed by atoms with Crippen molar-refractivity contribution in [2.24, 2.45) is 51.8 Å². The maximum Gasteiger partial charge on any atom is 0.341 e. The Kier molecular flexibility index (Phi) is 7.11. The van der Waals surface area contributed by atoms with Gasteiger partial charge in [0, 0.05) is 63.2 Å². The van der Waals surface area contributed by atoms with Gasteiger partial charge in [0.1, 0.15) is 36.1 Å². The first-order valence-electron chi connectivity index (χ1n) is 17.9. The van der Waals surface area contributed by atoms with E-state index in [1.54, 1.807) is 13.8 Å². The Bertz CT molecular complexity index is 1710. The van der Waals surface area contributed by atoms with Gasteiger partial charge in [-0.1, -0.05) is 20.8 Å². The summed E-state index contributed by atoms with van der Waals surface area (Å²) in [4.78, 5) is 80.2. The molecular weight excluding hydrogens is 688 g/mol. The van der Waals surface area contributed by atoms with Gasteiger partial charge in [0.2, 0.25) is 11.6 Å². The molecule has 3 N–H and O–H groups in total. The normalized spacial score (nSPS) is 57.2. The largest absolute Gasteiger partial charge is 0.462 e. The van der Waals surface area contributed by atoms with Crippen LogP contribution in [0, 0.1) is 51.8 Å². The van der Waals surface area contributed by atoms with Crippen LogP contribution in [0.15, 0.2) is 0 Å². The van der Waals surface area contributed by atoms with E-state index in [4.69, 9.17) is 33.2 Å². The van der Waals surface area contributed by atoms with Crippen molar-refractivity contribution in [3.63, 3.8) is 0 Å². The molecular formula is C36H46O16. The maximum atomic E-state index is 15.0. The topological polar surface area (TPSA) is 234 Å². The highest BCUT2D eigenvalue weighted by molar-refractivity contribution is 5.95. The molecule has 16 nitrogen and oxygen atoms in total. The van der Waals surface area contributed by atoms with Gasteiger partial charge in [-0.05, 0) is 25.7 Å². The van der Waals surface area contributed by atoms with Gasteiger partial charge in [-0.25, -0.2) is 4.79 Å². The Balaban J connectivity index is 1.43. The van der Waals surface area contributed by atoms with Crippen LogP contribution in [0.3, 0.4) is 0 Å². The molecule has 20 atom stereocenters. The zero-order chi connectivity index (χ0) is 38.2. The number of fused-ring (bicyclic) bond motifs is 9. The van der Waals surface area contributed by atoms with Crippen molar-refractivity contribution < 1.29 is 77.2 Å². The predicted molar refractivity (Wildman–Crippen MR) is 167 cm³/mol. The van der Waals surface area contributed by atoms with Crippen molar-refractivity contribution >= 4 is 35.6 Å². The standard InChI is InChI=1S/C36H46O16/c1-11-18-21(33(8)34(9,44)30(43)52-36(33)28(11)51-36)24(47-13(3)38)19-17-20(25(48-14(4)39)26(41)31(18,19)6)32(7)29(49-15(5)40)22-16(50-22)10-35(32,45)27(42)23(17)46-12(2)37/h11,16-26,28-29,41,44-45H,10H2,1-9H3/t11-,16-,17-,18-,19+,20+,21-,22-,23+,24+,25-,26-,28-,29-,31+,32-,33-,34+,35-,36+/m0/s1. The quantitative estimate of drug-likeness (QED) is 0.192. The number of esters is 5. The minimum Gasteiger partial charge on any atom is -0.462 e. The highest BCUT2D eigenvalue weighted by Crippen LogP contribution is 2.81. The average Bonchev–Trinajstić information content (AvgIpc) is 3.92. The smallest absolute Gasteiger partial charge is 0.341 e. The first-order chi connectivity index (χ1) is 24.0. The highest BCUT2D eigenvalue weighted by Gasteiger charge is 2.94. The van der Waals surface area contributed by atoms with E-state index >= 15 is 4.79 Å². The van der Waals surface area contributed by atoms with Gasteiger partial charge in [-0.2, -0.15) is 0 Å². The number of hydrogen-bond donors (Lipinski definition) is 3. The molecule has 0 unspecified atom stereocenters. The van der Waals surface area contributed by atoms with E-state index in [2.05, 4.69) is 0 Å². The van der Waals surface area contributed by atoms with Crippen LogP contribution in [0.2, 0.25) is 0 Å². The van der Waals surface area contributed by atoms with Crippen LogP contribution >= 0.6 is 0 Å².